The van der Waals surface area contributed by atoms with Gasteiger partial charge >= 0.3 is 0 Å². The van der Waals surface area contributed by atoms with E-state index in [1.54, 1.807) is 0 Å². The molecule has 1 unspecified atom stereocenters. The SMILES string of the molecule is Cl.NC[C@H]1CCC[C@H]1C(=O)NC1CCN(C(=O)C2CCCCC2)C1. The van der Waals surface area contributed by atoms with Gasteiger partial charge in [-0.15, -0.1) is 12.4 Å². The normalized spacial score (nSPS) is 30.9. The van der Waals surface area contributed by atoms with Gasteiger partial charge in [-0.05, 0) is 44.6 Å². The second kappa shape index (κ2) is 9.04. The highest BCUT2D eigenvalue weighted by atomic mass is 35.5. The van der Waals surface area contributed by atoms with Gasteiger partial charge in [0.15, 0.2) is 0 Å². The zero-order valence-corrected chi connectivity index (χ0v) is 15.4. The average molecular weight is 358 g/mol. The minimum absolute atomic E-state index is 0. The molecule has 3 atom stereocenters. The first-order chi connectivity index (χ1) is 11.2. The number of nitrogens with zero attached hydrogens (tertiary/aromatic N) is 1. The number of halogens is 1. The van der Waals surface area contributed by atoms with Crippen molar-refractivity contribution in [1.82, 2.24) is 10.2 Å². The van der Waals surface area contributed by atoms with Gasteiger partial charge in [-0.3, -0.25) is 9.59 Å². The van der Waals surface area contributed by atoms with E-state index < -0.39 is 0 Å². The van der Waals surface area contributed by atoms with Crippen LogP contribution in [-0.2, 0) is 9.59 Å². The van der Waals surface area contributed by atoms with Crippen LogP contribution in [0.5, 0.6) is 0 Å². The van der Waals surface area contributed by atoms with Crippen LogP contribution in [0.3, 0.4) is 0 Å². The van der Waals surface area contributed by atoms with Crippen LogP contribution in [-0.4, -0.2) is 42.4 Å². The molecule has 0 bridgehead atoms. The Kier molecular flexibility index (Phi) is 7.35. The second-order valence-corrected chi connectivity index (χ2v) is 7.65. The highest BCUT2D eigenvalue weighted by Gasteiger charge is 2.36. The van der Waals surface area contributed by atoms with Crippen molar-refractivity contribution in [2.24, 2.45) is 23.5 Å². The summed E-state index contributed by atoms with van der Waals surface area (Å²) in [6, 6.07) is 0.133. The molecule has 138 valence electrons. The van der Waals surface area contributed by atoms with Gasteiger partial charge in [-0.25, -0.2) is 0 Å². The van der Waals surface area contributed by atoms with Crippen LogP contribution < -0.4 is 11.1 Å². The number of carbonyl (C=O) groups is 2. The minimum Gasteiger partial charge on any atom is -0.351 e. The van der Waals surface area contributed by atoms with Gasteiger partial charge in [0.2, 0.25) is 11.8 Å². The summed E-state index contributed by atoms with van der Waals surface area (Å²) >= 11 is 0. The molecule has 24 heavy (non-hydrogen) atoms. The van der Waals surface area contributed by atoms with Crippen molar-refractivity contribution in [1.29, 1.82) is 0 Å². The van der Waals surface area contributed by atoms with Gasteiger partial charge < -0.3 is 16.0 Å². The summed E-state index contributed by atoms with van der Waals surface area (Å²) in [5.41, 5.74) is 5.78. The van der Waals surface area contributed by atoms with E-state index in [1.165, 1.54) is 19.3 Å². The Hall–Kier alpha value is -0.810. The van der Waals surface area contributed by atoms with E-state index in [0.29, 0.717) is 24.9 Å². The van der Waals surface area contributed by atoms with Gasteiger partial charge in [0.1, 0.15) is 0 Å². The summed E-state index contributed by atoms with van der Waals surface area (Å²) < 4.78 is 0. The predicted molar refractivity (Wildman–Crippen MR) is 96.8 cm³/mol. The molecule has 1 aliphatic heterocycles. The van der Waals surface area contributed by atoms with E-state index in [0.717, 1.165) is 45.1 Å². The third-order valence-electron chi connectivity index (χ3n) is 6.10. The fourth-order valence-electron chi connectivity index (χ4n) is 4.66. The number of amides is 2. The number of hydrogen-bond acceptors (Lipinski definition) is 3. The number of nitrogens with two attached hydrogens (primary N) is 1. The lowest BCUT2D eigenvalue weighted by Crippen LogP contribution is -2.43. The smallest absolute Gasteiger partial charge is 0.225 e. The molecule has 2 amide bonds. The van der Waals surface area contributed by atoms with E-state index in [2.05, 4.69) is 5.32 Å². The average Bonchev–Trinajstić information content (AvgIpc) is 3.23. The molecule has 5 nitrogen and oxygen atoms in total. The molecule has 3 fully saturated rings. The van der Waals surface area contributed by atoms with Crippen molar-refractivity contribution in [2.45, 2.75) is 63.8 Å². The first kappa shape index (κ1) is 19.5. The zero-order valence-electron chi connectivity index (χ0n) is 14.5. The number of carbonyl (C=O) groups excluding carboxylic acids is 2. The van der Waals surface area contributed by atoms with E-state index in [-0.39, 0.29) is 36.2 Å². The van der Waals surface area contributed by atoms with Crippen LogP contribution in [0, 0.1) is 17.8 Å². The standard InChI is InChI=1S/C18H31N3O2.ClH/c19-11-14-7-4-8-16(14)17(22)20-15-9-10-21(12-15)18(23)13-5-2-1-3-6-13;/h13-16H,1-12,19H2,(H,20,22);1H/t14-,15?,16-;/m1./s1. The largest absolute Gasteiger partial charge is 0.351 e. The maximum absolute atomic E-state index is 12.6. The molecule has 3 rings (SSSR count). The first-order valence-electron chi connectivity index (χ1n) is 9.48. The Labute approximate surface area is 151 Å². The van der Waals surface area contributed by atoms with E-state index in [9.17, 15) is 9.59 Å². The van der Waals surface area contributed by atoms with Gasteiger partial charge in [-0.1, -0.05) is 25.7 Å². The first-order valence-corrected chi connectivity index (χ1v) is 9.48. The van der Waals surface area contributed by atoms with Crippen LogP contribution in [0.4, 0.5) is 0 Å². The van der Waals surface area contributed by atoms with Crippen LogP contribution in [0.2, 0.25) is 0 Å². The maximum atomic E-state index is 12.6. The molecule has 3 aliphatic rings. The summed E-state index contributed by atoms with van der Waals surface area (Å²) in [6.45, 7) is 2.10. The molecule has 2 aliphatic carbocycles. The molecule has 0 aromatic carbocycles. The molecule has 2 saturated carbocycles. The number of rotatable bonds is 4. The van der Waals surface area contributed by atoms with E-state index in [4.69, 9.17) is 5.73 Å². The van der Waals surface area contributed by atoms with Crippen LogP contribution in [0.15, 0.2) is 0 Å². The fourth-order valence-corrected chi connectivity index (χ4v) is 4.66. The molecule has 1 saturated heterocycles. The summed E-state index contributed by atoms with van der Waals surface area (Å²) in [5, 5.41) is 3.18. The number of nitrogens with one attached hydrogen (secondary N) is 1. The van der Waals surface area contributed by atoms with E-state index >= 15 is 0 Å². The van der Waals surface area contributed by atoms with Gasteiger partial charge in [0.25, 0.3) is 0 Å². The zero-order chi connectivity index (χ0) is 16.2. The molecule has 0 aromatic heterocycles. The Morgan fingerprint density at radius 3 is 2.46 bits per heavy atom. The lowest BCUT2D eigenvalue weighted by Gasteiger charge is -2.26. The Morgan fingerprint density at radius 2 is 1.75 bits per heavy atom. The lowest BCUT2D eigenvalue weighted by atomic mass is 9.88. The lowest BCUT2D eigenvalue weighted by molar-refractivity contribution is -0.136. The summed E-state index contributed by atoms with van der Waals surface area (Å²) in [7, 11) is 0. The molecule has 6 heteroatoms. The topological polar surface area (TPSA) is 75.4 Å². The van der Waals surface area contributed by atoms with Crippen molar-refractivity contribution in [3.63, 3.8) is 0 Å². The summed E-state index contributed by atoms with van der Waals surface area (Å²) in [5.74, 6) is 1.14. The minimum atomic E-state index is 0. The maximum Gasteiger partial charge on any atom is 0.225 e. The van der Waals surface area contributed by atoms with Crippen LogP contribution >= 0.6 is 12.4 Å². The van der Waals surface area contributed by atoms with Crippen LogP contribution in [0.25, 0.3) is 0 Å². The van der Waals surface area contributed by atoms with Crippen molar-refractivity contribution < 1.29 is 9.59 Å². The van der Waals surface area contributed by atoms with Gasteiger partial charge in [0, 0.05) is 31.0 Å². The number of likely N-dealkylation sites (tertiary alicyclic amines) is 1. The summed E-state index contributed by atoms with van der Waals surface area (Å²) in [4.78, 5) is 27.0. The molecular weight excluding hydrogens is 326 g/mol. The van der Waals surface area contributed by atoms with Crippen molar-refractivity contribution in [3.8, 4) is 0 Å². The second-order valence-electron chi connectivity index (χ2n) is 7.65. The Bertz CT molecular complexity index is 440. The Balaban J connectivity index is 0.00000208. The fraction of sp³-hybridized carbons (Fsp3) is 0.889. The molecule has 0 aromatic rings. The highest BCUT2D eigenvalue weighted by molar-refractivity contribution is 5.85. The van der Waals surface area contributed by atoms with Crippen molar-refractivity contribution in [2.75, 3.05) is 19.6 Å². The molecule has 3 N–H and O–H groups in total. The molecule has 0 spiro atoms. The summed E-state index contributed by atoms with van der Waals surface area (Å²) in [6.07, 6.45) is 9.78. The van der Waals surface area contributed by atoms with Gasteiger partial charge in [0.05, 0.1) is 0 Å². The van der Waals surface area contributed by atoms with Crippen molar-refractivity contribution in [3.05, 3.63) is 0 Å². The molecule has 1 heterocycles. The quantitative estimate of drug-likeness (QED) is 0.808. The third kappa shape index (κ3) is 4.42. The third-order valence-corrected chi connectivity index (χ3v) is 6.10. The van der Waals surface area contributed by atoms with Gasteiger partial charge in [-0.2, -0.15) is 0 Å². The predicted octanol–water partition coefficient (Wildman–Crippen LogP) is 2.08. The Morgan fingerprint density at radius 1 is 1.00 bits per heavy atom. The van der Waals surface area contributed by atoms with Crippen molar-refractivity contribution >= 4 is 24.2 Å². The van der Waals surface area contributed by atoms with Crippen LogP contribution in [0.1, 0.15) is 57.8 Å². The molecule has 0 radical (unpaired) electrons. The number of hydrogen-bond donors (Lipinski definition) is 2. The highest BCUT2D eigenvalue weighted by Crippen LogP contribution is 2.31. The van der Waals surface area contributed by atoms with E-state index in [1.807, 2.05) is 4.90 Å². The molecular formula is C18H32ClN3O2. The monoisotopic (exact) mass is 357 g/mol.